The van der Waals surface area contributed by atoms with Crippen LogP contribution in [0.2, 0.25) is 10.3 Å². The highest BCUT2D eigenvalue weighted by Crippen LogP contribution is 2.15. The van der Waals surface area contributed by atoms with Gasteiger partial charge in [-0.3, -0.25) is 0 Å². The van der Waals surface area contributed by atoms with Gasteiger partial charge >= 0.3 is 0 Å². The van der Waals surface area contributed by atoms with Crippen LogP contribution in [0, 0.1) is 0 Å². The average Bonchev–Trinajstić information content (AvgIpc) is 1.96. The van der Waals surface area contributed by atoms with Gasteiger partial charge in [-0.25, -0.2) is 0 Å². The summed E-state index contributed by atoms with van der Waals surface area (Å²) in [4.78, 5) is 0. The Bertz CT molecular complexity index is 279. The van der Waals surface area contributed by atoms with Crippen LogP contribution < -0.4 is 0 Å². The van der Waals surface area contributed by atoms with Crippen LogP contribution in [0.4, 0.5) is 0 Å². The van der Waals surface area contributed by atoms with Crippen LogP contribution in [0.15, 0.2) is 6.07 Å². The van der Waals surface area contributed by atoms with Gasteiger partial charge in [0.2, 0.25) is 0 Å². The first kappa shape index (κ1) is 9.67. The second-order valence-electron chi connectivity index (χ2n) is 2.30. The van der Waals surface area contributed by atoms with Gasteiger partial charge in [0.05, 0.1) is 6.54 Å². The van der Waals surface area contributed by atoms with Crippen LogP contribution in [-0.2, 0) is 6.54 Å². The molecule has 0 bridgehead atoms. The summed E-state index contributed by atoms with van der Waals surface area (Å²) >= 11 is 11.2. The molecule has 0 aliphatic rings. The second kappa shape index (κ2) is 4.00. The summed E-state index contributed by atoms with van der Waals surface area (Å²) in [5, 5.41) is 17.5. The molecule has 6 heteroatoms. The van der Waals surface area contributed by atoms with Crippen molar-refractivity contribution in [2.24, 2.45) is 0 Å². The highest BCUT2D eigenvalue weighted by molar-refractivity contribution is 6.31. The minimum absolute atomic E-state index is 0.250. The molecule has 12 heavy (non-hydrogen) atoms. The number of nitrogens with zero attached hydrogens (tertiary/aromatic N) is 3. The number of hydrogen-bond donors (Lipinski definition) is 1. The minimum atomic E-state index is 0.250. The van der Waals surface area contributed by atoms with E-state index in [0.717, 1.165) is 5.06 Å². The highest BCUT2D eigenvalue weighted by Gasteiger charge is 2.05. The molecule has 0 saturated carbocycles. The van der Waals surface area contributed by atoms with E-state index in [9.17, 15) is 0 Å². The van der Waals surface area contributed by atoms with Crippen molar-refractivity contribution in [1.82, 2.24) is 15.3 Å². The number of rotatable bonds is 2. The van der Waals surface area contributed by atoms with Crippen molar-refractivity contribution >= 4 is 23.2 Å². The molecule has 1 N–H and O–H groups in total. The van der Waals surface area contributed by atoms with E-state index in [0.29, 0.717) is 5.56 Å². The van der Waals surface area contributed by atoms with E-state index in [-0.39, 0.29) is 16.9 Å². The summed E-state index contributed by atoms with van der Waals surface area (Å²) in [6.45, 7) is 0.272. The first-order valence-electron chi connectivity index (χ1n) is 3.17. The molecule has 1 rings (SSSR count). The highest BCUT2D eigenvalue weighted by atomic mass is 35.5. The van der Waals surface area contributed by atoms with Gasteiger partial charge in [0, 0.05) is 12.6 Å². The molecule has 0 aromatic carbocycles. The van der Waals surface area contributed by atoms with Crippen LogP contribution in [0.25, 0.3) is 0 Å². The maximum absolute atomic E-state index is 8.90. The van der Waals surface area contributed by atoms with Gasteiger partial charge < -0.3 is 5.21 Å². The van der Waals surface area contributed by atoms with Gasteiger partial charge in [0.25, 0.3) is 0 Å². The molecule has 66 valence electrons. The fraction of sp³-hybridized carbons (Fsp3) is 0.333. The molecule has 1 aromatic rings. The predicted molar refractivity (Wildman–Crippen MR) is 45.3 cm³/mol. The van der Waals surface area contributed by atoms with Gasteiger partial charge in [-0.05, 0) is 6.07 Å². The fourth-order valence-corrected chi connectivity index (χ4v) is 1.07. The summed E-state index contributed by atoms with van der Waals surface area (Å²) in [5.74, 6) is 0. The van der Waals surface area contributed by atoms with Gasteiger partial charge in [-0.15, -0.1) is 10.2 Å². The Morgan fingerprint density at radius 2 is 2.17 bits per heavy atom. The zero-order chi connectivity index (χ0) is 9.14. The Labute approximate surface area is 79.7 Å². The standard InChI is InChI=1S/C6H7Cl2N3O/c1-11(12)3-4-2-5(7)9-10-6(4)8/h2,12H,3H2,1H3. The summed E-state index contributed by atoms with van der Waals surface area (Å²) in [5.41, 5.74) is 0.640. The number of hydrogen-bond acceptors (Lipinski definition) is 4. The second-order valence-corrected chi connectivity index (χ2v) is 3.04. The van der Waals surface area contributed by atoms with E-state index in [1.165, 1.54) is 7.05 Å². The van der Waals surface area contributed by atoms with Crippen LogP contribution in [0.3, 0.4) is 0 Å². The van der Waals surface area contributed by atoms with Crippen molar-refractivity contribution in [2.75, 3.05) is 7.05 Å². The Kier molecular flexibility index (Phi) is 3.22. The van der Waals surface area contributed by atoms with E-state index < -0.39 is 0 Å². The molecule has 0 atom stereocenters. The van der Waals surface area contributed by atoms with Crippen molar-refractivity contribution in [3.8, 4) is 0 Å². The Morgan fingerprint density at radius 3 is 2.75 bits per heavy atom. The summed E-state index contributed by atoms with van der Waals surface area (Å²) in [7, 11) is 1.50. The van der Waals surface area contributed by atoms with E-state index in [4.69, 9.17) is 28.4 Å². The first-order chi connectivity index (χ1) is 5.59. The van der Waals surface area contributed by atoms with Crippen LogP contribution in [-0.4, -0.2) is 27.5 Å². The monoisotopic (exact) mass is 207 g/mol. The van der Waals surface area contributed by atoms with Gasteiger partial charge in [0.1, 0.15) is 0 Å². The maximum atomic E-state index is 8.90. The number of aromatic nitrogens is 2. The molecule has 0 radical (unpaired) electrons. The lowest BCUT2D eigenvalue weighted by atomic mass is 10.3. The van der Waals surface area contributed by atoms with E-state index >= 15 is 0 Å². The summed E-state index contributed by atoms with van der Waals surface area (Å²) < 4.78 is 0. The average molecular weight is 208 g/mol. The van der Waals surface area contributed by atoms with Crippen molar-refractivity contribution in [2.45, 2.75) is 6.54 Å². The summed E-state index contributed by atoms with van der Waals surface area (Å²) in [6.07, 6.45) is 0. The molecule has 0 unspecified atom stereocenters. The lowest BCUT2D eigenvalue weighted by molar-refractivity contribution is -0.0732. The number of hydroxylamine groups is 2. The van der Waals surface area contributed by atoms with Crippen molar-refractivity contribution in [1.29, 1.82) is 0 Å². The summed E-state index contributed by atoms with van der Waals surface area (Å²) in [6, 6.07) is 1.56. The van der Waals surface area contributed by atoms with Crippen molar-refractivity contribution < 1.29 is 5.21 Å². The maximum Gasteiger partial charge on any atom is 0.156 e. The molecule has 0 aliphatic carbocycles. The van der Waals surface area contributed by atoms with Crippen molar-refractivity contribution in [3.05, 3.63) is 21.9 Å². The van der Waals surface area contributed by atoms with Crippen LogP contribution in [0.5, 0.6) is 0 Å². The topological polar surface area (TPSA) is 49.2 Å². The largest absolute Gasteiger partial charge is 0.314 e. The number of halogens is 2. The fourth-order valence-electron chi connectivity index (χ4n) is 0.745. The normalized spacial score (nSPS) is 10.8. The van der Waals surface area contributed by atoms with Crippen LogP contribution in [0.1, 0.15) is 5.56 Å². The van der Waals surface area contributed by atoms with E-state index in [2.05, 4.69) is 10.2 Å². The molecule has 0 spiro atoms. The first-order valence-corrected chi connectivity index (χ1v) is 3.93. The third-order valence-corrected chi connectivity index (χ3v) is 1.69. The molecule has 0 amide bonds. The molecule has 1 heterocycles. The van der Waals surface area contributed by atoms with Gasteiger partial charge in [-0.1, -0.05) is 23.2 Å². The third kappa shape index (κ3) is 2.57. The quantitative estimate of drug-likeness (QED) is 0.750. The zero-order valence-corrected chi connectivity index (χ0v) is 7.84. The minimum Gasteiger partial charge on any atom is -0.314 e. The van der Waals surface area contributed by atoms with Gasteiger partial charge in [-0.2, -0.15) is 5.06 Å². The van der Waals surface area contributed by atoms with Crippen molar-refractivity contribution in [3.63, 3.8) is 0 Å². The SMILES string of the molecule is CN(O)Cc1cc(Cl)nnc1Cl. The predicted octanol–water partition coefficient (Wildman–Crippen LogP) is 1.60. The molecule has 0 saturated heterocycles. The molecule has 0 aliphatic heterocycles. The molecular formula is C6H7Cl2N3O. The van der Waals surface area contributed by atoms with Gasteiger partial charge in [0.15, 0.2) is 10.3 Å². The van der Waals surface area contributed by atoms with E-state index in [1.807, 2.05) is 0 Å². The molecule has 0 fully saturated rings. The smallest absolute Gasteiger partial charge is 0.156 e. The van der Waals surface area contributed by atoms with Crippen LogP contribution >= 0.6 is 23.2 Å². The Morgan fingerprint density at radius 1 is 1.50 bits per heavy atom. The molecule has 1 aromatic heterocycles. The van der Waals surface area contributed by atoms with E-state index in [1.54, 1.807) is 6.07 Å². The Balaban J connectivity index is 2.90. The lowest BCUT2D eigenvalue weighted by Crippen LogP contribution is -2.12. The molecular weight excluding hydrogens is 201 g/mol. The Hall–Kier alpha value is -0.420. The zero-order valence-electron chi connectivity index (χ0n) is 6.33. The lowest BCUT2D eigenvalue weighted by Gasteiger charge is -2.08. The third-order valence-electron chi connectivity index (χ3n) is 1.19. The molecule has 4 nitrogen and oxygen atoms in total.